The Bertz CT molecular complexity index is 651. The number of nitrogens with one attached hydrogen (secondary N) is 4. The second-order valence-electron chi connectivity index (χ2n) is 7.11. The fourth-order valence-electron chi connectivity index (χ4n) is 2.20. The van der Waals surface area contributed by atoms with Crippen molar-refractivity contribution in [2.24, 2.45) is 4.99 Å². The number of hydrogen-bond acceptors (Lipinski definition) is 4. The lowest BCUT2D eigenvalue weighted by molar-refractivity contribution is 0.0528. The highest BCUT2D eigenvalue weighted by atomic mass is 16.6. The summed E-state index contributed by atoms with van der Waals surface area (Å²) in [5.74, 6) is 0.575. The molecule has 28 heavy (non-hydrogen) atoms. The van der Waals surface area contributed by atoms with Crippen molar-refractivity contribution in [1.29, 1.82) is 0 Å². The van der Waals surface area contributed by atoms with Gasteiger partial charge in [0.25, 0.3) is 5.91 Å². The Labute approximate surface area is 167 Å². The number of guanidine groups is 1. The minimum atomic E-state index is -0.513. The molecular formula is C20H33N5O3. The van der Waals surface area contributed by atoms with Gasteiger partial charge in [0.05, 0.1) is 6.54 Å². The average Bonchev–Trinajstić information content (AvgIpc) is 2.62. The largest absolute Gasteiger partial charge is 0.444 e. The van der Waals surface area contributed by atoms with Crippen molar-refractivity contribution in [3.63, 3.8) is 0 Å². The molecule has 1 rings (SSSR count). The Morgan fingerprint density at radius 1 is 0.929 bits per heavy atom. The van der Waals surface area contributed by atoms with Crippen LogP contribution < -0.4 is 21.3 Å². The van der Waals surface area contributed by atoms with Crippen LogP contribution in [0.25, 0.3) is 0 Å². The van der Waals surface area contributed by atoms with Crippen LogP contribution >= 0.6 is 0 Å². The quantitative estimate of drug-likeness (QED) is 0.308. The highest BCUT2D eigenvalue weighted by Crippen LogP contribution is 2.06. The second-order valence-corrected chi connectivity index (χ2v) is 7.11. The summed E-state index contributed by atoms with van der Waals surface area (Å²) in [6, 6.07) is 7.37. The van der Waals surface area contributed by atoms with E-state index in [1.807, 2.05) is 46.8 Å². The number of hydrogen-bond donors (Lipinski definition) is 4. The van der Waals surface area contributed by atoms with Crippen molar-refractivity contribution in [2.75, 3.05) is 26.2 Å². The SMILES string of the molecule is CCNC(=O)c1ccc(CN=C(NCC)NCCNC(=O)OC(C)(C)C)cc1. The third kappa shape index (κ3) is 9.80. The maximum atomic E-state index is 11.8. The zero-order chi connectivity index (χ0) is 21.0. The molecule has 0 saturated carbocycles. The molecule has 0 radical (unpaired) electrons. The molecule has 0 fully saturated rings. The maximum Gasteiger partial charge on any atom is 0.407 e. The van der Waals surface area contributed by atoms with E-state index < -0.39 is 11.7 Å². The van der Waals surface area contributed by atoms with Crippen LogP contribution in [0.2, 0.25) is 0 Å². The first-order valence-electron chi connectivity index (χ1n) is 9.61. The molecule has 8 nitrogen and oxygen atoms in total. The molecule has 0 spiro atoms. The van der Waals surface area contributed by atoms with Crippen molar-refractivity contribution in [2.45, 2.75) is 46.8 Å². The molecule has 8 heteroatoms. The minimum Gasteiger partial charge on any atom is -0.444 e. The van der Waals surface area contributed by atoms with Crippen molar-refractivity contribution in [3.05, 3.63) is 35.4 Å². The highest BCUT2D eigenvalue weighted by Gasteiger charge is 2.15. The van der Waals surface area contributed by atoms with E-state index in [9.17, 15) is 9.59 Å². The van der Waals surface area contributed by atoms with Gasteiger partial charge in [-0.1, -0.05) is 12.1 Å². The number of carbonyl (C=O) groups excluding carboxylic acids is 2. The van der Waals surface area contributed by atoms with Crippen LogP contribution in [0.3, 0.4) is 0 Å². The second kappa shape index (κ2) is 11.8. The number of nitrogens with zero attached hydrogens (tertiary/aromatic N) is 1. The van der Waals surface area contributed by atoms with Gasteiger partial charge in [0, 0.05) is 31.7 Å². The van der Waals surface area contributed by atoms with Gasteiger partial charge in [-0.15, -0.1) is 0 Å². The molecule has 0 unspecified atom stereocenters. The number of benzene rings is 1. The monoisotopic (exact) mass is 391 g/mol. The molecule has 0 aliphatic rings. The summed E-state index contributed by atoms with van der Waals surface area (Å²) in [5.41, 5.74) is 1.12. The summed E-state index contributed by atoms with van der Waals surface area (Å²) in [5, 5.41) is 11.8. The lowest BCUT2D eigenvalue weighted by Gasteiger charge is -2.19. The number of ether oxygens (including phenoxy) is 1. The fourth-order valence-corrected chi connectivity index (χ4v) is 2.20. The predicted octanol–water partition coefficient (Wildman–Crippen LogP) is 2.02. The number of aliphatic imine (C=N–C) groups is 1. The first-order valence-corrected chi connectivity index (χ1v) is 9.61. The lowest BCUT2D eigenvalue weighted by Crippen LogP contribution is -2.42. The summed E-state index contributed by atoms with van der Waals surface area (Å²) in [6.07, 6.45) is -0.441. The molecule has 156 valence electrons. The van der Waals surface area contributed by atoms with Crippen molar-refractivity contribution < 1.29 is 14.3 Å². The molecule has 1 aromatic carbocycles. The highest BCUT2D eigenvalue weighted by molar-refractivity contribution is 5.94. The summed E-state index contributed by atoms with van der Waals surface area (Å²) in [4.78, 5) is 27.9. The molecule has 2 amide bonds. The van der Waals surface area contributed by atoms with Gasteiger partial charge in [0.2, 0.25) is 0 Å². The Morgan fingerprint density at radius 2 is 1.54 bits per heavy atom. The average molecular weight is 392 g/mol. The van der Waals surface area contributed by atoms with Crippen LogP contribution in [-0.4, -0.2) is 49.7 Å². The molecule has 0 saturated heterocycles. The van der Waals surface area contributed by atoms with Gasteiger partial charge in [-0.05, 0) is 52.3 Å². The van der Waals surface area contributed by atoms with Crippen LogP contribution in [0.4, 0.5) is 4.79 Å². The lowest BCUT2D eigenvalue weighted by atomic mass is 10.1. The summed E-state index contributed by atoms with van der Waals surface area (Å²) < 4.78 is 5.19. The van der Waals surface area contributed by atoms with E-state index in [0.29, 0.717) is 37.7 Å². The van der Waals surface area contributed by atoms with E-state index >= 15 is 0 Å². The van der Waals surface area contributed by atoms with Gasteiger partial charge >= 0.3 is 6.09 Å². The topological polar surface area (TPSA) is 104 Å². The van der Waals surface area contributed by atoms with Crippen LogP contribution in [0.1, 0.15) is 50.5 Å². The van der Waals surface area contributed by atoms with Crippen molar-refractivity contribution in [1.82, 2.24) is 21.3 Å². The van der Waals surface area contributed by atoms with Gasteiger partial charge < -0.3 is 26.0 Å². The van der Waals surface area contributed by atoms with E-state index in [1.54, 1.807) is 12.1 Å². The van der Waals surface area contributed by atoms with Crippen LogP contribution in [0.5, 0.6) is 0 Å². The zero-order valence-electron chi connectivity index (χ0n) is 17.5. The Balaban J connectivity index is 2.49. The molecule has 1 aromatic rings. The number of alkyl carbamates (subject to hydrolysis) is 1. The van der Waals surface area contributed by atoms with Gasteiger partial charge in [0.1, 0.15) is 5.60 Å². The molecule has 0 aromatic heterocycles. The molecule has 0 aliphatic carbocycles. The normalized spacial score (nSPS) is 11.5. The summed E-state index contributed by atoms with van der Waals surface area (Å²) >= 11 is 0. The third-order valence-electron chi connectivity index (χ3n) is 3.40. The van der Waals surface area contributed by atoms with Crippen LogP contribution in [-0.2, 0) is 11.3 Å². The first kappa shape index (κ1) is 23.3. The van der Waals surface area contributed by atoms with E-state index in [4.69, 9.17) is 4.74 Å². The van der Waals surface area contributed by atoms with Crippen LogP contribution in [0.15, 0.2) is 29.3 Å². The van der Waals surface area contributed by atoms with E-state index in [1.165, 1.54) is 0 Å². The van der Waals surface area contributed by atoms with E-state index in [2.05, 4.69) is 26.3 Å². The van der Waals surface area contributed by atoms with Gasteiger partial charge in [-0.3, -0.25) is 4.79 Å². The summed E-state index contributed by atoms with van der Waals surface area (Å²) in [7, 11) is 0. The van der Waals surface area contributed by atoms with Gasteiger partial charge in [-0.25, -0.2) is 9.79 Å². The Kier molecular flexibility index (Phi) is 9.84. The third-order valence-corrected chi connectivity index (χ3v) is 3.40. The Hall–Kier alpha value is -2.77. The molecule has 0 aliphatic heterocycles. The van der Waals surface area contributed by atoms with Crippen molar-refractivity contribution in [3.8, 4) is 0 Å². The van der Waals surface area contributed by atoms with Gasteiger partial charge in [0.15, 0.2) is 5.96 Å². The van der Waals surface area contributed by atoms with E-state index in [-0.39, 0.29) is 5.91 Å². The molecule has 0 bridgehead atoms. The Morgan fingerprint density at radius 3 is 2.11 bits per heavy atom. The standard InChI is InChI=1S/C20H33N5O3/c1-6-21-17(26)16-10-8-15(9-11-16)14-25-18(22-7-2)23-12-13-24-19(27)28-20(3,4)5/h8-11H,6-7,12-14H2,1-5H3,(H,21,26)(H,24,27)(H2,22,23,25). The summed E-state index contributed by atoms with van der Waals surface area (Å²) in [6.45, 7) is 12.1. The smallest absolute Gasteiger partial charge is 0.407 e. The fraction of sp³-hybridized carbons (Fsp3) is 0.550. The minimum absolute atomic E-state index is 0.0787. The number of amides is 2. The predicted molar refractivity (Wildman–Crippen MR) is 112 cm³/mol. The number of rotatable bonds is 8. The molecule has 0 heterocycles. The maximum absolute atomic E-state index is 11.8. The molecule has 0 atom stereocenters. The van der Waals surface area contributed by atoms with Crippen LogP contribution in [0, 0.1) is 0 Å². The number of carbonyl (C=O) groups is 2. The first-order chi connectivity index (χ1) is 13.2. The molecule has 4 N–H and O–H groups in total. The molecular weight excluding hydrogens is 358 g/mol. The van der Waals surface area contributed by atoms with E-state index in [0.717, 1.165) is 12.1 Å². The van der Waals surface area contributed by atoms with Gasteiger partial charge in [-0.2, -0.15) is 0 Å². The van der Waals surface area contributed by atoms with Crippen molar-refractivity contribution >= 4 is 18.0 Å². The zero-order valence-corrected chi connectivity index (χ0v) is 17.5.